The first kappa shape index (κ1) is 19.0. The number of rotatable bonds is 6. The molecule has 3 atom stereocenters. The van der Waals surface area contributed by atoms with Gasteiger partial charge in [0.05, 0.1) is 32.0 Å². The largest absolute Gasteiger partial charge is 0.493 e. The van der Waals surface area contributed by atoms with Gasteiger partial charge in [0.15, 0.2) is 11.5 Å². The summed E-state index contributed by atoms with van der Waals surface area (Å²) in [4.78, 5) is 12.5. The molecule has 0 aromatic heterocycles. The molecule has 1 saturated carbocycles. The molecule has 1 aliphatic carbocycles. The molecule has 2 aliphatic rings. The van der Waals surface area contributed by atoms with E-state index < -0.39 is 0 Å². The van der Waals surface area contributed by atoms with E-state index in [2.05, 4.69) is 10.6 Å². The smallest absolute Gasteiger partial charge is 0.240 e. The molecule has 1 aromatic carbocycles. The number of amides is 1. The quantitative estimate of drug-likeness (QED) is 0.814. The Morgan fingerprint density at radius 1 is 1.31 bits per heavy atom. The molecule has 0 radical (unpaired) electrons. The van der Waals surface area contributed by atoms with E-state index in [1.165, 1.54) is 12.8 Å². The van der Waals surface area contributed by atoms with E-state index >= 15 is 0 Å². The van der Waals surface area contributed by atoms with Crippen LogP contribution in [-0.4, -0.2) is 44.4 Å². The molecule has 0 spiro atoms. The molecule has 1 aromatic rings. The van der Waals surface area contributed by atoms with Crippen molar-refractivity contribution >= 4 is 5.91 Å². The van der Waals surface area contributed by atoms with Gasteiger partial charge in [-0.05, 0) is 57.2 Å². The maximum absolute atomic E-state index is 12.5. The minimum absolute atomic E-state index is 0.0463. The maximum atomic E-state index is 12.5. The molecule has 0 bridgehead atoms. The zero-order chi connectivity index (χ0) is 18.5. The summed E-state index contributed by atoms with van der Waals surface area (Å²) in [6, 6.07) is 5.43. The fourth-order valence-electron chi connectivity index (χ4n) is 3.65. The number of methoxy groups -OCH3 is 1. The number of morpholine rings is 1. The van der Waals surface area contributed by atoms with E-state index in [0.29, 0.717) is 18.9 Å². The maximum Gasteiger partial charge on any atom is 0.240 e. The summed E-state index contributed by atoms with van der Waals surface area (Å²) >= 11 is 0. The number of ether oxygens (including phenoxy) is 3. The Balaban J connectivity index is 1.64. The number of carbonyl (C=O) groups excluding carboxylic acids is 1. The average molecular weight is 362 g/mol. The van der Waals surface area contributed by atoms with Gasteiger partial charge in [-0.15, -0.1) is 0 Å². The summed E-state index contributed by atoms with van der Waals surface area (Å²) in [5.41, 5.74) is 0.985. The van der Waals surface area contributed by atoms with E-state index in [1.807, 2.05) is 32.0 Å². The first-order valence-corrected chi connectivity index (χ1v) is 9.58. The molecule has 6 heteroatoms. The standard InChI is InChI=1S/C20H30N2O4/c1-13(22-20(23)19-14(2)25-11-10-21-19)15-8-9-17(18(12-15)24-3)26-16-6-4-5-7-16/h8-9,12-14,16,19,21H,4-7,10-11H2,1-3H3,(H,22,23)/t13?,14-,19+/m1/s1. The molecule has 1 aliphatic heterocycles. The normalized spacial score (nSPS) is 24.9. The van der Waals surface area contributed by atoms with Gasteiger partial charge in [0.1, 0.15) is 6.04 Å². The molecular formula is C20H30N2O4. The molecule has 1 unspecified atom stereocenters. The second kappa shape index (κ2) is 8.73. The Morgan fingerprint density at radius 2 is 2.08 bits per heavy atom. The monoisotopic (exact) mass is 362 g/mol. The third kappa shape index (κ3) is 4.48. The van der Waals surface area contributed by atoms with Crippen LogP contribution in [0, 0.1) is 0 Å². The lowest BCUT2D eigenvalue weighted by atomic mass is 10.1. The molecule has 144 valence electrons. The van der Waals surface area contributed by atoms with Crippen molar-refractivity contribution < 1.29 is 19.0 Å². The van der Waals surface area contributed by atoms with Crippen LogP contribution in [0.4, 0.5) is 0 Å². The van der Waals surface area contributed by atoms with E-state index in [-0.39, 0.29) is 30.2 Å². The third-order valence-corrected chi connectivity index (χ3v) is 5.24. The summed E-state index contributed by atoms with van der Waals surface area (Å²) in [6.45, 7) is 5.22. The van der Waals surface area contributed by atoms with Gasteiger partial charge < -0.3 is 24.8 Å². The summed E-state index contributed by atoms with van der Waals surface area (Å²) in [7, 11) is 1.65. The average Bonchev–Trinajstić information content (AvgIpc) is 3.15. The highest BCUT2D eigenvalue weighted by Gasteiger charge is 2.29. The number of carbonyl (C=O) groups is 1. The summed E-state index contributed by atoms with van der Waals surface area (Å²) in [5.74, 6) is 1.44. The topological polar surface area (TPSA) is 68.8 Å². The molecule has 26 heavy (non-hydrogen) atoms. The zero-order valence-corrected chi connectivity index (χ0v) is 15.9. The van der Waals surface area contributed by atoms with Crippen molar-refractivity contribution in [3.63, 3.8) is 0 Å². The minimum atomic E-state index is -0.321. The van der Waals surface area contributed by atoms with Gasteiger partial charge in [0.25, 0.3) is 0 Å². The molecule has 2 fully saturated rings. The van der Waals surface area contributed by atoms with Crippen LogP contribution in [0.25, 0.3) is 0 Å². The summed E-state index contributed by atoms with van der Waals surface area (Å²) in [5, 5.41) is 6.28. The van der Waals surface area contributed by atoms with Crippen LogP contribution in [0.2, 0.25) is 0 Å². The fraction of sp³-hybridized carbons (Fsp3) is 0.650. The Bertz CT molecular complexity index is 616. The van der Waals surface area contributed by atoms with E-state index in [4.69, 9.17) is 14.2 Å². The predicted octanol–water partition coefficient (Wildman–Crippen LogP) is 2.57. The Kier molecular flexibility index (Phi) is 6.38. The van der Waals surface area contributed by atoms with Crippen molar-refractivity contribution in [2.24, 2.45) is 0 Å². The Labute approximate surface area is 155 Å². The number of benzene rings is 1. The van der Waals surface area contributed by atoms with Crippen LogP contribution in [0.3, 0.4) is 0 Å². The number of nitrogens with one attached hydrogen (secondary N) is 2. The van der Waals surface area contributed by atoms with Crippen molar-refractivity contribution in [3.8, 4) is 11.5 Å². The molecule has 2 N–H and O–H groups in total. The minimum Gasteiger partial charge on any atom is -0.493 e. The highest BCUT2D eigenvalue weighted by Crippen LogP contribution is 2.33. The molecule has 3 rings (SSSR count). The highest BCUT2D eigenvalue weighted by molar-refractivity contribution is 5.83. The molecule has 1 saturated heterocycles. The summed E-state index contributed by atoms with van der Waals surface area (Å²) < 4.78 is 17.2. The van der Waals surface area contributed by atoms with Crippen molar-refractivity contribution in [2.75, 3.05) is 20.3 Å². The molecule has 1 heterocycles. The van der Waals surface area contributed by atoms with Crippen LogP contribution in [0.5, 0.6) is 11.5 Å². The van der Waals surface area contributed by atoms with Crippen LogP contribution < -0.4 is 20.1 Å². The van der Waals surface area contributed by atoms with Crippen molar-refractivity contribution in [2.45, 2.75) is 63.8 Å². The lowest BCUT2D eigenvalue weighted by Crippen LogP contribution is -2.55. The molecule has 6 nitrogen and oxygen atoms in total. The van der Waals surface area contributed by atoms with Crippen LogP contribution >= 0.6 is 0 Å². The van der Waals surface area contributed by atoms with Gasteiger partial charge in [-0.25, -0.2) is 0 Å². The van der Waals surface area contributed by atoms with Gasteiger partial charge >= 0.3 is 0 Å². The van der Waals surface area contributed by atoms with Gasteiger partial charge in [-0.3, -0.25) is 4.79 Å². The number of hydrogen-bond donors (Lipinski definition) is 2. The SMILES string of the molecule is COc1cc(C(C)NC(=O)[C@H]2NCCO[C@@H]2C)ccc1OC1CCCC1. The molecular weight excluding hydrogens is 332 g/mol. The van der Waals surface area contributed by atoms with E-state index in [0.717, 1.165) is 24.2 Å². The highest BCUT2D eigenvalue weighted by atomic mass is 16.5. The second-order valence-corrected chi connectivity index (χ2v) is 7.17. The predicted molar refractivity (Wildman–Crippen MR) is 99.6 cm³/mol. The first-order chi connectivity index (χ1) is 12.6. The second-order valence-electron chi connectivity index (χ2n) is 7.17. The van der Waals surface area contributed by atoms with Crippen molar-refractivity contribution in [3.05, 3.63) is 23.8 Å². The van der Waals surface area contributed by atoms with Gasteiger partial charge in [-0.2, -0.15) is 0 Å². The third-order valence-electron chi connectivity index (χ3n) is 5.24. The van der Waals surface area contributed by atoms with Crippen molar-refractivity contribution in [1.82, 2.24) is 10.6 Å². The van der Waals surface area contributed by atoms with Gasteiger partial charge in [-0.1, -0.05) is 6.07 Å². The Morgan fingerprint density at radius 3 is 2.77 bits per heavy atom. The first-order valence-electron chi connectivity index (χ1n) is 9.58. The lowest BCUT2D eigenvalue weighted by molar-refractivity contribution is -0.129. The number of hydrogen-bond acceptors (Lipinski definition) is 5. The van der Waals surface area contributed by atoms with Crippen LogP contribution in [0.15, 0.2) is 18.2 Å². The lowest BCUT2D eigenvalue weighted by Gasteiger charge is -2.30. The van der Waals surface area contributed by atoms with E-state index in [1.54, 1.807) is 7.11 Å². The van der Waals surface area contributed by atoms with Gasteiger partial charge in [0, 0.05) is 6.54 Å². The van der Waals surface area contributed by atoms with Gasteiger partial charge in [0.2, 0.25) is 5.91 Å². The van der Waals surface area contributed by atoms with Crippen molar-refractivity contribution in [1.29, 1.82) is 0 Å². The molecule has 1 amide bonds. The Hall–Kier alpha value is -1.79. The summed E-state index contributed by atoms with van der Waals surface area (Å²) in [6.07, 6.45) is 4.81. The zero-order valence-electron chi connectivity index (χ0n) is 15.9. The van der Waals surface area contributed by atoms with Crippen LogP contribution in [0.1, 0.15) is 51.1 Å². The fourth-order valence-corrected chi connectivity index (χ4v) is 3.65. The van der Waals surface area contributed by atoms with Crippen LogP contribution in [-0.2, 0) is 9.53 Å². The van der Waals surface area contributed by atoms with E-state index in [9.17, 15) is 4.79 Å².